The van der Waals surface area contributed by atoms with E-state index >= 15 is 0 Å². The van der Waals surface area contributed by atoms with E-state index in [0.29, 0.717) is 6.54 Å². The van der Waals surface area contributed by atoms with E-state index in [0.717, 1.165) is 42.1 Å². The van der Waals surface area contributed by atoms with Gasteiger partial charge in [-0.05, 0) is 12.8 Å². The molecule has 1 aromatic heterocycles. The molecule has 3 rings (SSSR count). The van der Waals surface area contributed by atoms with Crippen molar-refractivity contribution in [1.29, 1.82) is 0 Å². The molecule has 1 aromatic rings. The summed E-state index contributed by atoms with van der Waals surface area (Å²) in [7, 11) is 0. The predicted molar refractivity (Wildman–Crippen MR) is 74.1 cm³/mol. The van der Waals surface area contributed by atoms with E-state index < -0.39 is 0 Å². The maximum Gasteiger partial charge on any atom is 0.227 e. The average molecular weight is 266 g/mol. The molecule has 0 amide bonds. The van der Waals surface area contributed by atoms with Gasteiger partial charge >= 0.3 is 0 Å². The van der Waals surface area contributed by atoms with Crippen LogP contribution in [0.4, 0.5) is 11.8 Å². The van der Waals surface area contributed by atoms with E-state index in [1.807, 2.05) is 11.8 Å². The first-order chi connectivity index (χ1) is 8.88. The van der Waals surface area contributed by atoms with Crippen LogP contribution in [0.25, 0.3) is 0 Å². The van der Waals surface area contributed by atoms with Crippen molar-refractivity contribution in [2.24, 2.45) is 0 Å². The summed E-state index contributed by atoms with van der Waals surface area (Å²) in [6, 6.07) is 0. The first-order valence-corrected chi connectivity index (χ1v) is 7.61. The van der Waals surface area contributed by atoms with Gasteiger partial charge in [0.05, 0.1) is 12.3 Å². The largest absolute Gasteiger partial charge is 0.395 e. The number of aliphatic hydroxyl groups excluding tert-OH is 1. The number of rotatable bonds is 4. The van der Waals surface area contributed by atoms with Crippen LogP contribution in [0.5, 0.6) is 0 Å². The molecular weight excluding hydrogens is 248 g/mol. The van der Waals surface area contributed by atoms with Crippen molar-refractivity contribution in [3.05, 3.63) is 11.3 Å². The van der Waals surface area contributed by atoms with Crippen LogP contribution in [0.15, 0.2) is 0 Å². The lowest BCUT2D eigenvalue weighted by molar-refractivity contribution is 0.311. The number of aliphatic hydroxyl groups is 1. The first-order valence-electron chi connectivity index (χ1n) is 6.45. The van der Waals surface area contributed by atoms with Gasteiger partial charge in [-0.1, -0.05) is 0 Å². The highest BCUT2D eigenvalue weighted by atomic mass is 32.2. The molecule has 2 aliphatic rings. The lowest BCUT2D eigenvalue weighted by atomic mass is 10.2. The summed E-state index contributed by atoms with van der Waals surface area (Å²) in [4.78, 5) is 11.6. The van der Waals surface area contributed by atoms with Crippen LogP contribution in [0, 0.1) is 0 Å². The molecule has 0 atom stereocenters. The topological polar surface area (TPSA) is 61.3 Å². The number of hydrogen-bond acceptors (Lipinski definition) is 6. The number of anilines is 2. The number of hydrogen-bond donors (Lipinski definition) is 2. The zero-order valence-corrected chi connectivity index (χ0v) is 11.2. The monoisotopic (exact) mass is 266 g/mol. The van der Waals surface area contributed by atoms with Crippen molar-refractivity contribution >= 4 is 23.5 Å². The molecule has 0 aromatic carbocycles. The van der Waals surface area contributed by atoms with E-state index in [1.165, 1.54) is 18.4 Å². The van der Waals surface area contributed by atoms with E-state index in [-0.39, 0.29) is 6.61 Å². The smallest absolute Gasteiger partial charge is 0.227 e. The van der Waals surface area contributed by atoms with Crippen molar-refractivity contribution in [1.82, 2.24) is 9.97 Å². The summed E-state index contributed by atoms with van der Waals surface area (Å²) in [6.07, 6.45) is 2.46. The molecule has 2 N–H and O–H groups in total. The van der Waals surface area contributed by atoms with E-state index in [9.17, 15) is 0 Å². The minimum absolute atomic E-state index is 0.130. The van der Waals surface area contributed by atoms with Gasteiger partial charge in [0.2, 0.25) is 5.95 Å². The molecule has 1 saturated heterocycles. The second kappa shape index (κ2) is 5.32. The third-order valence-corrected chi connectivity index (χ3v) is 4.33. The Labute approximate surface area is 111 Å². The number of nitrogens with one attached hydrogen (secondary N) is 1. The number of aromatic nitrogens is 2. The Balaban J connectivity index is 1.90. The Morgan fingerprint density at radius 1 is 1.22 bits per heavy atom. The molecule has 0 spiro atoms. The Kier molecular flexibility index (Phi) is 3.56. The van der Waals surface area contributed by atoms with Gasteiger partial charge in [-0.25, -0.2) is 4.98 Å². The van der Waals surface area contributed by atoms with Crippen molar-refractivity contribution in [2.75, 3.05) is 36.5 Å². The third kappa shape index (κ3) is 2.27. The summed E-state index contributed by atoms with van der Waals surface area (Å²) in [5.41, 5.74) is 2.38. The molecule has 0 aliphatic carbocycles. The Morgan fingerprint density at radius 3 is 2.83 bits per heavy atom. The molecule has 6 heteroatoms. The molecule has 3 heterocycles. The Morgan fingerprint density at radius 2 is 2.06 bits per heavy atom. The maximum absolute atomic E-state index is 8.94. The third-order valence-electron chi connectivity index (χ3n) is 3.36. The van der Waals surface area contributed by atoms with Crippen molar-refractivity contribution < 1.29 is 5.11 Å². The minimum atomic E-state index is 0.130. The van der Waals surface area contributed by atoms with Crippen molar-refractivity contribution in [3.63, 3.8) is 0 Å². The SMILES string of the molecule is OCCNc1nc(N2CCCC2)nc2c1CSC2. The molecular formula is C12H18N4OS. The summed E-state index contributed by atoms with van der Waals surface area (Å²) < 4.78 is 0. The predicted octanol–water partition coefficient (Wildman–Crippen LogP) is 1.23. The highest BCUT2D eigenvalue weighted by molar-refractivity contribution is 7.98. The summed E-state index contributed by atoms with van der Waals surface area (Å²) in [5.74, 6) is 3.73. The van der Waals surface area contributed by atoms with E-state index in [1.54, 1.807) is 0 Å². The van der Waals surface area contributed by atoms with Crippen LogP contribution in [0.2, 0.25) is 0 Å². The molecule has 5 nitrogen and oxygen atoms in total. The van der Waals surface area contributed by atoms with Crippen LogP contribution < -0.4 is 10.2 Å². The van der Waals surface area contributed by atoms with Crippen molar-refractivity contribution in [2.45, 2.75) is 24.3 Å². The van der Waals surface area contributed by atoms with Gasteiger partial charge in [0.25, 0.3) is 0 Å². The maximum atomic E-state index is 8.94. The Hall–Kier alpha value is -1.01. The lowest BCUT2D eigenvalue weighted by Gasteiger charge is -2.18. The number of thioether (sulfide) groups is 1. The summed E-state index contributed by atoms with van der Waals surface area (Å²) in [6.45, 7) is 2.80. The van der Waals surface area contributed by atoms with Gasteiger partial charge in [-0.2, -0.15) is 16.7 Å². The molecule has 1 fully saturated rings. The lowest BCUT2D eigenvalue weighted by Crippen LogP contribution is -2.22. The summed E-state index contributed by atoms with van der Waals surface area (Å²) in [5, 5.41) is 12.2. The first kappa shape index (κ1) is 12.0. The van der Waals surface area contributed by atoms with Gasteiger partial charge in [-0.15, -0.1) is 0 Å². The van der Waals surface area contributed by atoms with E-state index in [4.69, 9.17) is 10.1 Å². The highest BCUT2D eigenvalue weighted by Gasteiger charge is 2.23. The fourth-order valence-corrected chi connectivity index (χ4v) is 3.46. The normalized spacial score (nSPS) is 18.2. The Bertz CT molecular complexity index is 434. The van der Waals surface area contributed by atoms with E-state index in [2.05, 4.69) is 15.2 Å². The van der Waals surface area contributed by atoms with Gasteiger partial charge in [0.15, 0.2) is 0 Å². The van der Waals surface area contributed by atoms with Gasteiger partial charge in [0.1, 0.15) is 5.82 Å². The zero-order valence-electron chi connectivity index (χ0n) is 10.4. The second-order valence-corrected chi connectivity index (χ2v) is 5.62. The van der Waals surface area contributed by atoms with Crippen LogP contribution in [-0.4, -0.2) is 41.3 Å². The molecule has 0 radical (unpaired) electrons. The standard InChI is InChI=1S/C12H18N4OS/c17-6-3-13-11-9-7-18-8-10(9)14-12(15-11)16-4-1-2-5-16/h17H,1-8H2,(H,13,14,15). The minimum Gasteiger partial charge on any atom is -0.395 e. The zero-order chi connectivity index (χ0) is 12.4. The quantitative estimate of drug-likeness (QED) is 0.854. The van der Waals surface area contributed by atoms with Crippen LogP contribution in [0.1, 0.15) is 24.1 Å². The fourth-order valence-electron chi connectivity index (χ4n) is 2.42. The molecule has 0 bridgehead atoms. The van der Waals surface area contributed by atoms with Crippen molar-refractivity contribution in [3.8, 4) is 0 Å². The molecule has 98 valence electrons. The van der Waals surface area contributed by atoms with Crippen LogP contribution in [-0.2, 0) is 11.5 Å². The van der Waals surface area contributed by atoms with Gasteiger partial charge < -0.3 is 15.3 Å². The number of nitrogens with zero attached hydrogens (tertiary/aromatic N) is 3. The second-order valence-electron chi connectivity index (χ2n) is 4.63. The van der Waals surface area contributed by atoms with Gasteiger partial charge in [0, 0.05) is 36.7 Å². The van der Waals surface area contributed by atoms with Gasteiger partial charge in [-0.3, -0.25) is 0 Å². The molecule has 2 aliphatic heterocycles. The summed E-state index contributed by atoms with van der Waals surface area (Å²) >= 11 is 1.88. The van der Waals surface area contributed by atoms with Crippen LogP contribution in [0.3, 0.4) is 0 Å². The fraction of sp³-hybridized carbons (Fsp3) is 0.667. The molecule has 0 unspecified atom stereocenters. The molecule has 0 saturated carbocycles. The molecule has 18 heavy (non-hydrogen) atoms. The average Bonchev–Trinajstić information content (AvgIpc) is 3.05. The highest BCUT2D eigenvalue weighted by Crippen LogP contribution is 2.34. The van der Waals surface area contributed by atoms with Crippen LogP contribution >= 0.6 is 11.8 Å². The number of fused-ring (bicyclic) bond motifs is 1.